The minimum atomic E-state index is -0.237. The molecule has 4 heterocycles. The third kappa shape index (κ3) is 6.20. The van der Waals surface area contributed by atoms with E-state index >= 15 is 0 Å². The highest BCUT2D eigenvalue weighted by Crippen LogP contribution is 2.35. The van der Waals surface area contributed by atoms with Crippen LogP contribution in [0.1, 0.15) is 42.5 Å². The molecule has 44 heavy (non-hydrogen) atoms. The second-order valence-electron chi connectivity index (χ2n) is 12.4. The Labute approximate surface area is 259 Å². The van der Waals surface area contributed by atoms with Gasteiger partial charge in [-0.3, -0.25) is 9.78 Å². The van der Waals surface area contributed by atoms with Gasteiger partial charge in [-0.05, 0) is 50.8 Å². The molecule has 0 bridgehead atoms. The van der Waals surface area contributed by atoms with Crippen LogP contribution in [0.15, 0.2) is 43.2 Å². The van der Waals surface area contributed by atoms with Crippen molar-refractivity contribution in [3.63, 3.8) is 0 Å². The molecule has 0 radical (unpaired) electrons. The third-order valence-corrected chi connectivity index (χ3v) is 9.40. The predicted molar refractivity (Wildman–Crippen MR) is 172 cm³/mol. The van der Waals surface area contributed by atoms with Gasteiger partial charge in [-0.15, -0.1) is 0 Å². The second kappa shape index (κ2) is 13.2. The van der Waals surface area contributed by atoms with E-state index < -0.39 is 0 Å². The number of fused-ring (bicyclic) bond motifs is 2. The molecule has 2 fully saturated rings. The van der Waals surface area contributed by atoms with E-state index in [0.29, 0.717) is 38.8 Å². The largest absolute Gasteiger partial charge is 0.462 e. The highest BCUT2D eigenvalue weighted by molar-refractivity contribution is 5.96. The highest BCUT2D eigenvalue weighted by Gasteiger charge is 2.33. The van der Waals surface area contributed by atoms with E-state index in [4.69, 9.17) is 14.7 Å². The Balaban J connectivity index is 1.28. The average Bonchev–Trinajstić information content (AvgIpc) is 3.02. The van der Waals surface area contributed by atoms with Crippen molar-refractivity contribution in [1.82, 2.24) is 24.8 Å². The fraction of sp³-hybridized carbons (Fsp3) is 0.500. The maximum atomic E-state index is 12.6. The number of hydrogen-bond acceptors (Lipinski definition) is 9. The van der Waals surface area contributed by atoms with Gasteiger partial charge in [0.25, 0.3) is 0 Å². The number of nitrogens with zero attached hydrogens (tertiary/aromatic N) is 8. The lowest BCUT2D eigenvalue weighted by Gasteiger charge is -2.42. The maximum Gasteiger partial charge on any atom is 0.318 e. The smallest absolute Gasteiger partial charge is 0.318 e. The van der Waals surface area contributed by atoms with Gasteiger partial charge in [0, 0.05) is 61.8 Å². The van der Waals surface area contributed by atoms with Gasteiger partial charge < -0.3 is 24.3 Å². The first-order valence-electron chi connectivity index (χ1n) is 15.8. The monoisotopic (exact) mass is 594 g/mol. The van der Waals surface area contributed by atoms with Crippen molar-refractivity contribution in [2.45, 2.75) is 51.6 Å². The number of amides is 1. The molecule has 1 saturated carbocycles. The van der Waals surface area contributed by atoms with Gasteiger partial charge in [0.1, 0.15) is 12.4 Å². The first-order valence-corrected chi connectivity index (χ1v) is 15.8. The van der Waals surface area contributed by atoms with Crippen molar-refractivity contribution in [3.8, 4) is 12.1 Å². The van der Waals surface area contributed by atoms with E-state index in [0.717, 1.165) is 60.1 Å². The van der Waals surface area contributed by atoms with Crippen LogP contribution in [0.3, 0.4) is 0 Å². The van der Waals surface area contributed by atoms with Gasteiger partial charge in [0.05, 0.1) is 42.7 Å². The molecule has 230 valence electrons. The molecule has 2 aliphatic heterocycles. The molecular formula is C34H42N8O2. The topological polar surface area (TPSA) is 102 Å². The van der Waals surface area contributed by atoms with Gasteiger partial charge in [-0.2, -0.15) is 15.2 Å². The molecule has 10 heteroatoms. The van der Waals surface area contributed by atoms with Crippen molar-refractivity contribution in [1.29, 1.82) is 5.26 Å². The lowest BCUT2D eigenvalue weighted by molar-refractivity contribution is -0.128. The number of benzene rings is 1. The Morgan fingerprint density at radius 3 is 2.84 bits per heavy atom. The SMILES string of the molecule is C=CC(=O)N1CCN(c2nc(OCCN(C)CC3CCC3)nc3c2CCN(c2cncc4cccc(C)c24)C3)C[C@@H]1CC#N. The minimum absolute atomic E-state index is 0.140. The van der Waals surface area contributed by atoms with E-state index in [-0.39, 0.29) is 18.4 Å². The highest BCUT2D eigenvalue weighted by atomic mass is 16.5. The summed E-state index contributed by atoms with van der Waals surface area (Å²) in [6.07, 6.45) is 10.2. The number of rotatable bonds is 10. The predicted octanol–water partition coefficient (Wildman–Crippen LogP) is 4.12. The number of anilines is 2. The summed E-state index contributed by atoms with van der Waals surface area (Å²) >= 11 is 0. The Morgan fingerprint density at radius 1 is 1.20 bits per heavy atom. The van der Waals surface area contributed by atoms with Crippen LogP contribution in [0, 0.1) is 24.2 Å². The Kier molecular flexibility index (Phi) is 8.94. The van der Waals surface area contributed by atoms with Crippen molar-refractivity contribution >= 4 is 28.2 Å². The van der Waals surface area contributed by atoms with E-state index in [1.165, 1.54) is 36.3 Å². The summed E-state index contributed by atoms with van der Waals surface area (Å²) in [5.41, 5.74) is 4.39. The van der Waals surface area contributed by atoms with Crippen molar-refractivity contribution in [2.75, 3.05) is 62.7 Å². The van der Waals surface area contributed by atoms with E-state index in [1.54, 1.807) is 4.90 Å². The Bertz CT molecular complexity index is 1560. The Morgan fingerprint density at radius 2 is 2.07 bits per heavy atom. The van der Waals surface area contributed by atoms with Gasteiger partial charge in [0.15, 0.2) is 0 Å². The molecule has 0 N–H and O–H groups in total. The quantitative estimate of drug-likeness (QED) is 0.321. The molecule has 1 atom stereocenters. The molecule has 10 nitrogen and oxygen atoms in total. The van der Waals surface area contributed by atoms with Crippen LogP contribution < -0.4 is 14.5 Å². The maximum absolute atomic E-state index is 12.6. The van der Waals surface area contributed by atoms with Gasteiger partial charge in [-0.1, -0.05) is 31.2 Å². The Hall–Kier alpha value is -4.23. The average molecular weight is 595 g/mol. The first kappa shape index (κ1) is 29.8. The molecule has 1 aromatic carbocycles. The van der Waals surface area contributed by atoms with Crippen LogP contribution in [-0.2, 0) is 17.8 Å². The summed E-state index contributed by atoms with van der Waals surface area (Å²) in [4.78, 5) is 35.7. The van der Waals surface area contributed by atoms with Gasteiger partial charge in [0.2, 0.25) is 5.91 Å². The van der Waals surface area contributed by atoms with Crippen molar-refractivity contribution < 1.29 is 9.53 Å². The molecule has 1 saturated heterocycles. The number of aryl methyl sites for hydroxylation is 1. The van der Waals surface area contributed by atoms with Crippen LogP contribution in [0.4, 0.5) is 11.5 Å². The summed E-state index contributed by atoms with van der Waals surface area (Å²) in [6.45, 7) is 11.3. The van der Waals surface area contributed by atoms with E-state index in [9.17, 15) is 10.1 Å². The fourth-order valence-corrected chi connectivity index (χ4v) is 6.80. The summed E-state index contributed by atoms with van der Waals surface area (Å²) in [5, 5.41) is 11.9. The summed E-state index contributed by atoms with van der Waals surface area (Å²) in [5.74, 6) is 1.52. The van der Waals surface area contributed by atoms with Gasteiger partial charge in [-0.25, -0.2) is 0 Å². The van der Waals surface area contributed by atoms with Crippen LogP contribution in [0.2, 0.25) is 0 Å². The number of carbonyl (C=O) groups excluding carboxylic acids is 1. The number of aromatic nitrogens is 3. The number of hydrogen-bond donors (Lipinski definition) is 0. The molecular weight excluding hydrogens is 552 g/mol. The normalized spacial score (nSPS) is 18.6. The number of likely N-dealkylation sites (N-methyl/N-ethyl adjacent to an activating group) is 1. The lowest BCUT2D eigenvalue weighted by atomic mass is 9.85. The zero-order chi connectivity index (χ0) is 30.6. The van der Waals surface area contributed by atoms with Crippen molar-refractivity contribution in [3.05, 3.63) is 60.1 Å². The lowest BCUT2D eigenvalue weighted by Crippen LogP contribution is -2.55. The molecule has 6 rings (SSSR count). The minimum Gasteiger partial charge on any atom is -0.462 e. The van der Waals surface area contributed by atoms with Crippen LogP contribution in [-0.4, -0.2) is 89.6 Å². The van der Waals surface area contributed by atoms with Crippen molar-refractivity contribution in [2.24, 2.45) is 5.92 Å². The molecule has 3 aromatic rings. The summed E-state index contributed by atoms with van der Waals surface area (Å²) in [7, 11) is 2.15. The first-order chi connectivity index (χ1) is 21.4. The number of carbonyl (C=O) groups is 1. The van der Waals surface area contributed by atoms with Crippen LogP contribution in [0.25, 0.3) is 10.8 Å². The zero-order valence-corrected chi connectivity index (χ0v) is 25.9. The van der Waals surface area contributed by atoms with Crippen LogP contribution >= 0.6 is 0 Å². The molecule has 3 aliphatic rings. The third-order valence-electron chi connectivity index (χ3n) is 9.40. The van der Waals surface area contributed by atoms with E-state index in [1.807, 2.05) is 12.4 Å². The fourth-order valence-electron chi connectivity index (χ4n) is 6.80. The standard InChI is InChI=1S/C34H42N8O2/c1-4-31(43)42-16-15-41(22-27(42)11-13-35)33-28-12-14-40(30-20-36-19-26-10-5-7-24(2)32(26)30)23-29(28)37-34(38-33)44-18-17-39(3)21-25-8-6-9-25/h4-5,7,10,19-20,25,27H,1,6,8-9,11-12,14-18,21-23H2,2-3H3/t27-/m0/s1. The molecule has 0 spiro atoms. The second-order valence-corrected chi connectivity index (χ2v) is 12.4. The summed E-state index contributed by atoms with van der Waals surface area (Å²) < 4.78 is 6.24. The van der Waals surface area contributed by atoms with Gasteiger partial charge >= 0.3 is 6.01 Å². The molecule has 2 aromatic heterocycles. The molecule has 1 aliphatic carbocycles. The van der Waals surface area contributed by atoms with Crippen LogP contribution in [0.5, 0.6) is 6.01 Å². The van der Waals surface area contributed by atoms with E-state index in [2.05, 4.69) is 64.5 Å². The summed E-state index contributed by atoms with van der Waals surface area (Å²) in [6, 6.07) is 8.74. The number of ether oxygens (including phenoxy) is 1. The molecule has 0 unspecified atom stereocenters. The number of nitriles is 1. The number of pyridine rings is 1. The zero-order valence-electron chi connectivity index (χ0n) is 25.9. The number of piperazine rings is 1. The molecule has 1 amide bonds.